The smallest absolute Gasteiger partial charge is 0.266 e. The van der Waals surface area contributed by atoms with Crippen molar-refractivity contribution in [2.75, 3.05) is 6.54 Å². The van der Waals surface area contributed by atoms with Crippen molar-refractivity contribution in [3.8, 4) is 5.75 Å². The van der Waals surface area contributed by atoms with E-state index < -0.39 is 0 Å². The van der Waals surface area contributed by atoms with Crippen molar-refractivity contribution in [2.45, 2.75) is 20.5 Å². The van der Waals surface area contributed by atoms with Crippen LogP contribution in [0.5, 0.6) is 5.75 Å². The number of likely N-dealkylation sites (N-methyl/N-ethyl adjacent to an activating group) is 1. The summed E-state index contributed by atoms with van der Waals surface area (Å²) in [6.07, 6.45) is 1.80. The van der Waals surface area contributed by atoms with E-state index in [2.05, 4.69) is 6.07 Å². The first-order chi connectivity index (χ1) is 12.5. The lowest BCUT2D eigenvalue weighted by Gasteiger charge is -2.11. The van der Waals surface area contributed by atoms with Crippen LogP contribution in [0.25, 0.3) is 6.08 Å². The maximum atomic E-state index is 12.4. The number of benzene rings is 2. The molecule has 0 N–H and O–H groups in total. The highest BCUT2D eigenvalue weighted by molar-refractivity contribution is 8.26. The average molecular weight is 404 g/mol. The van der Waals surface area contributed by atoms with Crippen molar-refractivity contribution in [3.05, 3.63) is 69.1 Å². The molecule has 0 unspecified atom stereocenters. The number of halogens is 1. The van der Waals surface area contributed by atoms with Crippen LogP contribution in [0, 0.1) is 6.92 Å². The third-order valence-corrected chi connectivity index (χ3v) is 5.54. The number of thioether (sulfide) groups is 1. The topological polar surface area (TPSA) is 29.5 Å². The largest absolute Gasteiger partial charge is 0.488 e. The highest BCUT2D eigenvalue weighted by Crippen LogP contribution is 2.35. The zero-order chi connectivity index (χ0) is 18.7. The number of nitrogens with zero attached hydrogens (tertiary/aromatic N) is 1. The van der Waals surface area contributed by atoms with Crippen molar-refractivity contribution in [1.82, 2.24) is 4.90 Å². The van der Waals surface area contributed by atoms with Gasteiger partial charge in [-0.1, -0.05) is 65.4 Å². The number of carbonyl (C=O) groups excluding carboxylic acids is 1. The van der Waals surface area contributed by atoms with Gasteiger partial charge in [-0.05, 0) is 43.7 Å². The first kappa shape index (κ1) is 19.0. The maximum Gasteiger partial charge on any atom is 0.266 e. The van der Waals surface area contributed by atoms with Gasteiger partial charge in [-0.15, -0.1) is 0 Å². The number of aryl methyl sites for hydroxylation is 1. The molecule has 1 fully saturated rings. The third kappa shape index (κ3) is 4.29. The number of amides is 1. The summed E-state index contributed by atoms with van der Waals surface area (Å²) in [6.45, 7) is 4.96. The molecule has 3 rings (SSSR count). The van der Waals surface area contributed by atoms with Gasteiger partial charge in [0.1, 0.15) is 16.7 Å². The Bertz CT molecular complexity index is 895. The minimum absolute atomic E-state index is 0.0768. The molecule has 6 heteroatoms. The van der Waals surface area contributed by atoms with Crippen molar-refractivity contribution in [3.63, 3.8) is 0 Å². The second-order valence-electron chi connectivity index (χ2n) is 5.89. The van der Waals surface area contributed by atoms with Crippen molar-refractivity contribution < 1.29 is 9.53 Å². The lowest BCUT2D eigenvalue weighted by atomic mass is 10.1. The molecular weight excluding hydrogens is 386 g/mol. The fourth-order valence-corrected chi connectivity index (χ4v) is 4.20. The van der Waals surface area contributed by atoms with E-state index in [9.17, 15) is 4.79 Å². The van der Waals surface area contributed by atoms with E-state index in [4.69, 9.17) is 28.6 Å². The molecule has 0 spiro atoms. The number of ether oxygens (including phenoxy) is 1. The Kier molecular flexibility index (Phi) is 6.01. The van der Waals surface area contributed by atoms with Gasteiger partial charge in [-0.25, -0.2) is 0 Å². The number of thiocarbonyl (C=S) groups is 1. The predicted molar refractivity (Wildman–Crippen MR) is 113 cm³/mol. The predicted octanol–water partition coefficient (Wildman–Crippen LogP) is 5.45. The zero-order valence-electron chi connectivity index (χ0n) is 14.5. The molecule has 1 aliphatic rings. The molecule has 1 heterocycles. The summed E-state index contributed by atoms with van der Waals surface area (Å²) in [7, 11) is 0. The van der Waals surface area contributed by atoms with Gasteiger partial charge < -0.3 is 4.74 Å². The van der Waals surface area contributed by atoms with Crippen molar-refractivity contribution in [1.29, 1.82) is 0 Å². The van der Waals surface area contributed by atoms with E-state index in [1.807, 2.05) is 38.1 Å². The Hall–Kier alpha value is -1.82. The lowest BCUT2D eigenvalue weighted by molar-refractivity contribution is -0.121. The average Bonchev–Trinajstić information content (AvgIpc) is 2.87. The SMILES string of the molecule is CCN1C(=O)/C(=C/c2cc(Cl)ccc2OCc2cccc(C)c2)SC1=S. The molecule has 0 aliphatic carbocycles. The van der Waals surface area contributed by atoms with Gasteiger partial charge in [-0.2, -0.15) is 0 Å². The molecule has 1 saturated heterocycles. The van der Waals surface area contributed by atoms with Crippen LogP contribution in [0.1, 0.15) is 23.6 Å². The van der Waals surface area contributed by atoms with E-state index >= 15 is 0 Å². The Morgan fingerprint density at radius 3 is 2.77 bits per heavy atom. The van der Waals surface area contributed by atoms with Gasteiger partial charge in [0.15, 0.2) is 0 Å². The second-order valence-corrected chi connectivity index (χ2v) is 8.00. The van der Waals surface area contributed by atoms with E-state index in [0.717, 1.165) is 11.1 Å². The maximum absolute atomic E-state index is 12.4. The normalized spacial score (nSPS) is 15.8. The van der Waals surface area contributed by atoms with Gasteiger partial charge in [0.05, 0.1) is 4.91 Å². The van der Waals surface area contributed by atoms with Crippen molar-refractivity contribution in [2.24, 2.45) is 0 Å². The van der Waals surface area contributed by atoms with Gasteiger partial charge >= 0.3 is 0 Å². The highest BCUT2D eigenvalue weighted by atomic mass is 35.5. The molecule has 0 atom stereocenters. The molecule has 0 aromatic heterocycles. The molecule has 2 aromatic carbocycles. The monoisotopic (exact) mass is 403 g/mol. The fourth-order valence-electron chi connectivity index (χ4n) is 2.64. The minimum Gasteiger partial charge on any atom is -0.488 e. The molecule has 1 aliphatic heterocycles. The van der Waals surface area contributed by atoms with Crippen LogP contribution in [0.15, 0.2) is 47.4 Å². The third-order valence-electron chi connectivity index (χ3n) is 3.93. The quantitative estimate of drug-likeness (QED) is 0.490. The number of hydrogen-bond acceptors (Lipinski definition) is 4. The molecule has 3 nitrogen and oxygen atoms in total. The van der Waals surface area contributed by atoms with Crippen LogP contribution in [0.4, 0.5) is 0 Å². The fraction of sp³-hybridized carbons (Fsp3) is 0.200. The molecule has 26 heavy (non-hydrogen) atoms. The lowest BCUT2D eigenvalue weighted by Crippen LogP contribution is -2.27. The van der Waals surface area contributed by atoms with Crippen LogP contribution >= 0.6 is 35.6 Å². The molecule has 1 amide bonds. The molecule has 0 saturated carbocycles. The van der Waals surface area contributed by atoms with Gasteiger partial charge in [0, 0.05) is 17.1 Å². The zero-order valence-corrected chi connectivity index (χ0v) is 16.9. The van der Waals surface area contributed by atoms with E-state index in [0.29, 0.717) is 33.1 Å². The molecule has 0 radical (unpaired) electrons. The first-order valence-corrected chi connectivity index (χ1v) is 9.81. The van der Waals surface area contributed by atoms with Gasteiger partial charge in [-0.3, -0.25) is 9.69 Å². The minimum atomic E-state index is -0.0768. The summed E-state index contributed by atoms with van der Waals surface area (Å²) in [5.41, 5.74) is 3.04. The van der Waals surface area contributed by atoms with Crippen LogP contribution in [-0.2, 0) is 11.4 Å². The van der Waals surface area contributed by atoms with Gasteiger partial charge in [0.25, 0.3) is 5.91 Å². The molecule has 2 aromatic rings. The Labute approximate surface area is 168 Å². The highest BCUT2D eigenvalue weighted by Gasteiger charge is 2.30. The van der Waals surface area contributed by atoms with Gasteiger partial charge in [0.2, 0.25) is 0 Å². The first-order valence-electron chi connectivity index (χ1n) is 8.21. The summed E-state index contributed by atoms with van der Waals surface area (Å²) in [5, 5.41) is 0.588. The van der Waals surface area contributed by atoms with Crippen LogP contribution < -0.4 is 4.74 Å². The van der Waals surface area contributed by atoms with E-state index in [-0.39, 0.29) is 5.91 Å². The number of rotatable bonds is 5. The van der Waals surface area contributed by atoms with Crippen molar-refractivity contribution >= 4 is 51.9 Å². The molecular formula is C20H18ClNO2S2. The summed E-state index contributed by atoms with van der Waals surface area (Å²) in [6, 6.07) is 13.6. The Balaban J connectivity index is 1.86. The summed E-state index contributed by atoms with van der Waals surface area (Å²) >= 11 is 12.7. The number of carbonyl (C=O) groups is 1. The van der Waals surface area contributed by atoms with Crippen LogP contribution in [0.3, 0.4) is 0 Å². The summed E-state index contributed by atoms with van der Waals surface area (Å²) in [4.78, 5) is 14.6. The second kappa shape index (κ2) is 8.25. The standard InChI is InChI=1S/C20H18ClNO2S2/c1-3-22-19(23)18(26-20(22)25)11-15-10-16(21)7-8-17(15)24-12-14-6-4-5-13(2)9-14/h4-11H,3,12H2,1-2H3/b18-11-. The summed E-state index contributed by atoms with van der Waals surface area (Å²) < 4.78 is 6.57. The molecule has 134 valence electrons. The Morgan fingerprint density at radius 1 is 1.27 bits per heavy atom. The molecule has 0 bridgehead atoms. The van der Waals surface area contributed by atoms with Crippen LogP contribution in [0.2, 0.25) is 5.02 Å². The van der Waals surface area contributed by atoms with E-state index in [1.54, 1.807) is 23.1 Å². The van der Waals surface area contributed by atoms with E-state index in [1.165, 1.54) is 17.3 Å². The van der Waals surface area contributed by atoms with Crippen LogP contribution in [-0.4, -0.2) is 21.7 Å². The number of hydrogen-bond donors (Lipinski definition) is 0. The summed E-state index contributed by atoms with van der Waals surface area (Å²) in [5.74, 6) is 0.602. The Morgan fingerprint density at radius 2 is 2.08 bits per heavy atom.